The van der Waals surface area contributed by atoms with Gasteiger partial charge in [-0.1, -0.05) is 24.3 Å². The number of hydrazone groups is 1. The summed E-state index contributed by atoms with van der Waals surface area (Å²) in [4.78, 5) is 23.3. The van der Waals surface area contributed by atoms with Crippen LogP contribution in [0, 0.1) is 5.82 Å². The number of benzene rings is 3. The van der Waals surface area contributed by atoms with Crippen molar-refractivity contribution in [2.24, 2.45) is 5.10 Å². The summed E-state index contributed by atoms with van der Waals surface area (Å²) in [7, 11) is 1.34. The highest BCUT2D eigenvalue weighted by Gasteiger charge is 2.05. The second kappa shape index (κ2) is 10.7. The Labute approximate surface area is 179 Å². The number of carbonyl (C=O) groups excluding carboxylic acids is 2. The second-order valence-electron chi connectivity index (χ2n) is 6.64. The van der Waals surface area contributed by atoms with Crippen LogP contribution in [-0.2, 0) is 22.6 Å². The lowest BCUT2D eigenvalue weighted by Gasteiger charge is -2.07. The van der Waals surface area contributed by atoms with Crippen LogP contribution < -0.4 is 10.2 Å². The van der Waals surface area contributed by atoms with E-state index < -0.39 is 0 Å². The zero-order valence-electron chi connectivity index (χ0n) is 16.9. The molecule has 3 rings (SSSR count). The molecule has 0 aromatic heterocycles. The SMILES string of the molecule is COC(=O)c1ccc(COc2ccc(/C=N/NC(=O)Cc3ccc(F)cc3)cc2)cc1. The Morgan fingerprint density at radius 2 is 1.58 bits per heavy atom. The molecule has 0 fully saturated rings. The summed E-state index contributed by atoms with van der Waals surface area (Å²) in [5.74, 6) is -0.335. The van der Waals surface area contributed by atoms with E-state index in [0.29, 0.717) is 23.5 Å². The average molecular weight is 420 g/mol. The summed E-state index contributed by atoms with van der Waals surface area (Å²) in [6, 6.07) is 20.0. The molecular formula is C24H21FN2O4. The van der Waals surface area contributed by atoms with Crippen molar-refractivity contribution in [1.29, 1.82) is 0 Å². The number of esters is 1. The first-order valence-electron chi connectivity index (χ1n) is 9.50. The Kier molecular flexibility index (Phi) is 7.48. The first kappa shape index (κ1) is 21.7. The van der Waals surface area contributed by atoms with E-state index >= 15 is 0 Å². The van der Waals surface area contributed by atoms with Crippen molar-refractivity contribution in [3.63, 3.8) is 0 Å². The quantitative estimate of drug-likeness (QED) is 0.341. The van der Waals surface area contributed by atoms with Crippen LogP contribution in [0.5, 0.6) is 5.75 Å². The minimum absolute atomic E-state index is 0.116. The van der Waals surface area contributed by atoms with Gasteiger partial charge in [-0.3, -0.25) is 4.79 Å². The van der Waals surface area contributed by atoms with Gasteiger partial charge in [-0.05, 0) is 65.2 Å². The van der Waals surface area contributed by atoms with Crippen LogP contribution in [0.25, 0.3) is 0 Å². The molecule has 6 nitrogen and oxygen atoms in total. The third kappa shape index (κ3) is 6.78. The van der Waals surface area contributed by atoms with E-state index in [1.165, 1.54) is 25.5 Å². The molecule has 0 heterocycles. The molecule has 1 amide bonds. The van der Waals surface area contributed by atoms with Gasteiger partial charge in [0.2, 0.25) is 5.91 Å². The highest BCUT2D eigenvalue weighted by atomic mass is 19.1. The molecular weight excluding hydrogens is 399 g/mol. The normalized spacial score (nSPS) is 10.6. The fourth-order valence-corrected chi connectivity index (χ4v) is 2.68. The van der Waals surface area contributed by atoms with E-state index in [9.17, 15) is 14.0 Å². The van der Waals surface area contributed by atoms with Gasteiger partial charge < -0.3 is 9.47 Å². The summed E-state index contributed by atoms with van der Waals surface area (Å²) in [6.07, 6.45) is 1.64. The number of carbonyl (C=O) groups is 2. The molecule has 0 bridgehead atoms. The number of hydrogen-bond donors (Lipinski definition) is 1. The predicted molar refractivity (Wildman–Crippen MR) is 114 cm³/mol. The van der Waals surface area contributed by atoms with Crippen molar-refractivity contribution in [1.82, 2.24) is 5.43 Å². The van der Waals surface area contributed by atoms with Crippen LogP contribution in [0.3, 0.4) is 0 Å². The molecule has 0 atom stereocenters. The molecule has 0 aliphatic heterocycles. The number of amides is 1. The molecule has 1 N–H and O–H groups in total. The monoisotopic (exact) mass is 420 g/mol. The van der Waals surface area contributed by atoms with E-state index in [4.69, 9.17) is 4.74 Å². The van der Waals surface area contributed by atoms with Gasteiger partial charge in [0.05, 0.1) is 25.3 Å². The average Bonchev–Trinajstić information content (AvgIpc) is 2.80. The maximum Gasteiger partial charge on any atom is 0.337 e. The molecule has 0 saturated carbocycles. The lowest BCUT2D eigenvalue weighted by atomic mass is 10.1. The van der Waals surface area contributed by atoms with Crippen LogP contribution in [0.1, 0.15) is 27.0 Å². The first-order chi connectivity index (χ1) is 15.0. The minimum Gasteiger partial charge on any atom is -0.489 e. The predicted octanol–water partition coefficient (Wildman–Crippen LogP) is 3.88. The van der Waals surface area contributed by atoms with Gasteiger partial charge in [0, 0.05) is 0 Å². The molecule has 0 radical (unpaired) electrons. The van der Waals surface area contributed by atoms with E-state index in [0.717, 1.165) is 11.1 Å². The van der Waals surface area contributed by atoms with Gasteiger partial charge in [0.15, 0.2) is 0 Å². The van der Waals surface area contributed by atoms with E-state index in [1.807, 2.05) is 24.3 Å². The van der Waals surface area contributed by atoms with Crippen LogP contribution in [-0.4, -0.2) is 25.2 Å². The Bertz CT molecular complexity index is 1050. The highest BCUT2D eigenvalue weighted by Crippen LogP contribution is 2.14. The number of nitrogens with zero attached hydrogens (tertiary/aromatic N) is 1. The number of halogens is 1. The van der Waals surface area contributed by atoms with Crippen LogP contribution in [0.15, 0.2) is 77.9 Å². The van der Waals surface area contributed by atoms with E-state index in [1.54, 1.807) is 36.4 Å². The van der Waals surface area contributed by atoms with Gasteiger partial charge in [-0.2, -0.15) is 5.10 Å². The van der Waals surface area contributed by atoms with Gasteiger partial charge in [0.25, 0.3) is 0 Å². The van der Waals surface area contributed by atoms with Crippen molar-refractivity contribution in [2.45, 2.75) is 13.0 Å². The van der Waals surface area contributed by atoms with Gasteiger partial charge in [-0.25, -0.2) is 14.6 Å². The summed E-state index contributed by atoms with van der Waals surface area (Å²) in [6.45, 7) is 0.355. The molecule has 0 aliphatic rings. The third-order valence-electron chi connectivity index (χ3n) is 4.34. The van der Waals surface area contributed by atoms with Crippen molar-refractivity contribution >= 4 is 18.1 Å². The Morgan fingerprint density at radius 1 is 0.935 bits per heavy atom. The maximum absolute atomic E-state index is 12.9. The summed E-state index contributed by atoms with van der Waals surface area (Å²) in [5.41, 5.74) is 5.34. The van der Waals surface area contributed by atoms with Crippen LogP contribution >= 0.6 is 0 Å². The van der Waals surface area contributed by atoms with Crippen molar-refractivity contribution in [3.05, 3.63) is 101 Å². The molecule has 0 aliphatic carbocycles. The lowest BCUT2D eigenvalue weighted by molar-refractivity contribution is -0.120. The topological polar surface area (TPSA) is 77.0 Å². The summed E-state index contributed by atoms with van der Waals surface area (Å²) in [5, 5.41) is 3.93. The van der Waals surface area contributed by atoms with E-state index in [2.05, 4.69) is 15.3 Å². The molecule has 31 heavy (non-hydrogen) atoms. The Balaban J connectivity index is 1.45. The smallest absolute Gasteiger partial charge is 0.337 e. The number of ether oxygens (including phenoxy) is 2. The Morgan fingerprint density at radius 3 is 2.23 bits per heavy atom. The number of methoxy groups -OCH3 is 1. The standard InChI is InChI=1S/C24H21FN2O4/c1-30-24(29)20-8-2-19(3-9-20)16-31-22-12-6-18(7-13-22)15-26-27-23(28)14-17-4-10-21(25)11-5-17/h2-13,15H,14,16H2,1H3,(H,27,28)/b26-15+. The third-order valence-corrected chi connectivity index (χ3v) is 4.34. The maximum atomic E-state index is 12.9. The van der Waals surface area contributed by atoms with Crippen LogP contribution in [0.4, 0.5) is 4.39 Å². The largest absolute Gasteiger partial charge is 0.489 e. The summed E-state index contributed by atoms with van der Waals surface area (Å²) < 4.78 is 23.3. The number of rotatable bonds is 8. The molecule has 0 spiro atoms. The number of nitrogens with one attached hydrogen (secondary N) is 1. The molecule has 3 aromatic carbocycles. The molecule has 3 aromatic rings. The highest BCUT2D eigenvalue weighted by molar-refractivity contribution is 5.89. The van der Waals surface area contributed by atoms with Gasteiger partial charge in [-0.15, -0.1) is 0 Å². The van der Waals surface area contributed by atoms with Gasteiger partial charge >= 0.3 is 5.97 Å². The zero-order chi connectivity index (χ0) is 22.1. The lowest BCUT2D eigenvalue weighted by Crippen LogP contribution is -2.19. The summed E-state index contributed by atoms with van der Waals surface area (Å²) >= 11 is 0. The van der Waals surface area contributed by atoms with Gasteiger partial charge in [0.1, 0.15) is 18.2 Å². The molecule has 0 saturated heterocycles. The zero-order valence-corrected chi connectivity index (χ0v) is 16.9. The second-order valence-corrected chi connectivity index (χ2v) is 6.64. The van der Waals surface area contributed by atoms with Crippen LogP contribution in [0.2, 0.25) is 0 Å². The van der Waals surface area contributed by atoms with Crippen molar-refractivity contribution in [2.75, 3.05) is 7.11 Å². The Hall–Kier alpha value is -4.00. The molecule has 0 unspecified atom stereocenters. The van der Waals surface area contributed by atoms with Crippen molar-refractivity contribution < 1.29 is 23.5 Å². The molecule has 7 heteroatoms. The van der Waals surface area contributed by atoms with E-state index in [-0.39, 0.29) is 24.1 Å². The fraction of sp³-hybridized carbons (Fsp3) is 0.125. The minimum atomic E-state index is -0.378. The van der Waals surface area contributed by atoms with Crippen molar-refractivity contribution in [3.8, 4) is 5.75 Å². The number of hydrogen-bond acceptors (Lipinski definition) is 5. The fourth-order valence-electron chi connectivity index (χ4n) is 2.68. The first-order valence-corrected chi connectivity index (χ1v) is 9.50. The molecule has 158 valence electrons.